The third kappa shape index (κ3) is 6.75. The van der Waals surface area contributed by atoms with Crippen molar-refractivity contribution >= 4 is 45.0 Å². The summed E-state index contributed by atoms with van der Waals surface area (Å²) in [7, 11) is -3.58. The van der Waals surface area contributed by atoms with E-state index in [1.165, 1.54) is 0 Å². The third-order valence-corrected chi connectivity index (χ3v) is 6.31. The monoisotopic (exact) mass is 426 g/mol. The largest absolute Gasteiger partial charge is 0.353 e. The van der Waals surface area contributed by atoms with Crippen LogP contribution in [-0.4, -0.2) is 38.9 Å². The van der Waals surface area contributed by atoms with Crippen LogP contribution in [0, 0.1) is 0 Å². The lowest BCUT2D eigenvalue weighted by Crippen LogP contribution is -2.48. The number of amides is 1. The summed E-state index contributed by atoms with van der Waals surface area (Å²) in [4.78, 5) is 12.4. The maximum Gasteiger partial charge on any atom is 0.243 e. The minimum absolute atomic E-state index is 0.326. The van der Waals surface area contributed by atoms with E-state index in [1.807, 2.05) is 24.3 Å². The number of hydrogen-bond donors (Lipinski definition) is 1. The summed E-state index contributed by atoms with van der Waals surface area (Å²) in [6.45, 7) is 2.04. The van der Waals surface area contributed by atoms with E-state index in [4.69, 9.17) is 11.6 Å². The number of carbonyl (C=O) groups excluding carboxylic acids is 1. The van der Waals surface area contributed by atoms with Crippen LogP contribution < -0.4 is 9.62 Å². The van der Waals surface area contributed by atoms with E-state index in [0.29, 0.717) is 17.3 Å². The lowest BCUT2D eigenvalue weighted by Gasteiger charge is -2.28. The molecule has 0 spiro atoms. The Morgan fingerprint density at radius 1 is 1.19 bits per heavy atom. The molecular formula is C19H23ClN2O3S2. The van der Waals surface area contributed by atoms with Gasteiger partial charge in [0.2, 0.25) is 15.9 Å². The molecule has 2 rings (SSSR count). The van der Waals surface area contributed by atoms with E-state index >= 15 is 0 Å². The topological polar surface area (TPSA) is 66.5 Å². The predicted octanol–water partition coefficient (Wildman–Crippen LogP) is 3.54. The second-order valence-electron chi connectivity index (χ2n) is 6.04. The van der Waals surface area contributed by atoms with Gasteiger partial charge in [-0.05, 0) is 36.8 Å². The van der Waals surface area contributed by atoms with Crippen LogP contribution in [0.3, 0.4) is 0 Å². The molecule has 2 aromatic rings. The van der Waals surface area contributed by atoms with Crippen molar-refractivity contribution in [2.45, 2.75) is 18.7 Å². The second kappa shape index (κ2) is 10.0. The molecule has 0 aliphatic heterocycles. The predicted molar refractivity (Wildman–Crippen MR) is 114 cm³/mol. The molecule has 0 saturated carbocycles. The summed E-state index contributed by atoms with van der Waals surface area (Å²) in [5, 5.41) is 3.52. The highest BCUT2D eigenvalue weighted by Crippen LogP contribution is 2.20. The molecule has 0 saturated heterocycles. The van der Waals surface area contributed by atoms with E-state index in [2.05, 4.69) is 5.32 Å². The van der Waals surface area contributed by atoms with Crippen molar-refractivity contribution in [3.8, 4) is 0 Å². The Labute approximate surface area is 170 Å². The Balaban J connectivity index is 1.86. The fourth-order valence-electron chi connectivity index (χ4n) is 2.59. The number of benzene rings is 2. The molecule has 1 amide bonds. The number of halogens is 1. The van der Waals surface area contributed by atoms with E-state index < -0.39 is 16.1 Å². The van der Waals surface area contributed by atoms with Crippen molar-refractivity contribution < 1.29 is 13.2 Å². The molecule has 0 bridgehead atoms. The van der Waals surface area contributed by atoms with Gasteiger partial charge in [0.15, 0.2) is 0 Å². The second-order valence-corrected chi connectivity index (χ2v) is 9.44. The molecule has 0 aliphatic rings. The quantitative estimate of drug-likeness (QED) is 0.623. The Morgan fingerprint density at radius 2 is 1.89 bits per heavy atom. The molecule has 0 fully saturated rings. The first kappa shape index (κ1) is 21.6. The summed E-state index contributed by atoms with van der Waals surface area (Å²) in [6, 6.07) is 15.4. The molecule has 27 heavy (non-hydrogen) atoms. The molecule has 1 N–H and O–H groups in total. The van der Waals surface area contributed by atoms with Gasteiger partial charge in [0.1, 0.15) is 6.04 Å². The van der Waals surface area contributed by atoms with Crippen LogP contribution in [-0.2, 0) is 20.6 Å². The summed E-state index contributed by atoms with van der Waals surface area (Å²) in [6.07, 6.45) is 1.10. The third-order valence-electron chi connectivity index (χ3n) is 3.80. The molecule has 0 radical (unpaired) electrons. The van der Waals surface area contributed by atoms with Gasteiger partial charge in [0.05, 0.1) is 11.9 Å². The van der Waals surface area contributed by atoms with Crippen LogP contribution in [0.1, 0.15) is 12.5 Å². The molecule has 1 atom stereocenters. The van der Waals surface area contributed by atoms with Gasteiger partial charge in [-0.25, -0.2) is 8.42 Å². The molecule has 0 aliphatic carbocycles. The molecule has 2 aromatic carbocycles. The van der Waals surface area contributed by atoms with Crippen molar-refractivity contribution in [1.82, 2.24) is 5.32 Å². The first-order valence-electron chi connectivity index (χ1n) is 8.43. The summed E-state index contributed by atoms with van der Waals surface area (Å²) < 4.78 is 25.5. The van der Waals surface area contributed by atoms with Gasteiger partial charge in [-0.15, -0.1) is 0 Å². The number of nitrogens with zero attached hydrogens (tertiary/aromatic N) is 1. The van der Waals surface area contributed by atoms with Gasteiger partial charge in [-0.1, -0.05) is 41.9 Å². The van der Waals surface area contributed by atoms with Crippen molar-refractivity contribution in [3.05, 3.63) is 65.2 Å². The molecule has 146 valence electrons. The van der Waals surface area contributed by atoms with Crippen molar-refractivity contribution in [2.75, 3.05) is 22.9 Å². The number of sulfonamides is 1. The zero-order valence-corrected chi connectivity index (χ0v) is 17.7. The molecule has 5 nitrogen and oxygen atoms in total. The molecule has 8 heteroatoms. The fraction of sp³-hybridized carbons (Fsp3) is 0.316. The van der Waals surface area contributed by atoms with Crippen molar-refractivity contribution in [1.29, 1.82) is 0 Å². The van der Waals surface area contributed by atoms with Crippen LogP contribution >= 0.6 is 23.4 Å². The number of anilines is 1. The fourth-order valence-corrected chi connectivity index (χ4v) is 4.79. The number of thioether (sulfide) groups is 1. The first-order valence-corrected chi connectivity index (χ1v) is 11.8. The highest BCUT2D eigenvalue weighted by molar-refractivity contribution is 7.98. The van der Waals surface area contributed by atoms with E-state index in [9.17, 15) is 13.2 Å². The maximum absolute atomic E-state index is 12.4. The average molecular weight is 427 g/mol. The number of nitrogens with one attached hydrogen (secondary N) is 1. The minimum Gasteiger partial charge on any atom is -0.353 e. The van der Waals surface area contributed by atoms with Crippen LogP contribution in [0.25, 0.3) is 0 Å². The molecular weight excluding hydrogens is 404 g/mol. The van der Waals surface area contributed by atoms with Crippen LogP contribution in [0.15, 0.2) is 54.6 Å². The highest BCUT2D eigenvalue weighted by atomic mass is 35.5. The standard InChI is InChI=1S/C19H23ClN2O3S2/c1-15(22(27(2,24)25)18-9-4-3-5-10-18)19(23)21-11-12-26-14-16-7-6-8-17(20)13-16/h3-10,13,15H,11-12,14H2,1-2H3,(H,21,23)/t15-/m0/s1. The smallest absolute Gasteiger partial charge is 0.243 e. The van der Waals surface area contributed by atoms with Gasteiger partial charge in [-0.3, -0.25) is 9.10 Å². The van der Waals surface area contributed by atoms with Crippen molar-refractivity contribution in [2.24, 2.45) is 0 Å². The lowest BCUT2D eigenvalue weighted by atomic mass is 10.2. The number of para-hydroxylation sites is 1. The maximum atomic E-state index is 12.4. The number of carbonyl (C=O) groups is 1. The average Bonchev–Trinajstić information content (AvgIpc) is 2.61. The highest BCUT2D eigenvalue weighted by Gasteiger charge is 2.28. The van der Waals surface area contributed by atoms with Gasteiger partial charge in [-0.2, -0.15) is 11.8 Å². The van der Waals surface area contributed by atoms with E-state index in [1.54, 1.807) is 49.0 Å². The Bertz CT molecular complexity index is 860. The first-order chi connectivity index (χ1) is 12.8. The number of hydrogen-bond acceptors (Lipinski definition) is 4. The van der Waals surface area contributed by atoms with Crippen LogP contribution in [0.5, 0.6) is 0 Å². The number of rotatable bonds is 9. The summed E-state index contributed by atoms with van der Waals surface area (Å²) in [5.74, 6) is 1.19. The molecule has 0 aromatic heterocycles. The van der Waals surface area contributed by atoms with Gasteiger partial charge in [0.25, 0.3) is 0 Å². The minimum atomic E-state index is -3.58. The zero-order chi connectivity index (χ0) is 19.9. The van der Waals surface area contributed by atoms with E-state index in [0.717, 1.165) is 27.6 Å². The zero-order valence-electron chi connectivity index (χ0n) is 15.3. The van der Waals surface area contributed by atoms with Crippen LogP contribution in [0.2, 0.25) is 5.02 Å². The summed E-state index contributed by atoms with van der Waals surface area (Å²) >= 11 is 7.63. The lowest BCUT2D eigenvalue weighted by molar-refractivity contribution is -0.121. The SMILES string of the molecule is C[C@@H](C(=O)NCCSCc1cccc(Cl)c1)N(c1ccccc1)S(C)(=O)=O. The Hall–Kier alpha value is -1.70. The molecule has 0 unspecified atom stereocenters. The van der Waals surface area contributed by atoms with Gasteiger partial charge < -0.3 is 5.32 Å². The Morgan fingerprint density at radius 3 is 2.52 bits per heavy atom. The molecule has 0 heterocycles. The van der Waals surface area contributed by atoms with Gasteiger partial charge in [0, 0.05) is 23.1 Å². The van der Waals surface area contributed by atoms with Crippen LogP contribution in [0.4, 0.5) is 5.69 Å². The van der Waals surface area contributed by atoms with Crippen molar-refractivity contribution in [3.63, 3.8) is 0 Å². The Kier molecular flexibility index (Phi) is 8.01. The van der Waals surface area contributed by atoms with E-state index in [-0.39, 0.29) is 5.91 Å². The van der Waals surface area contributed by atoms with Gasteiger partial charge >= 0.3 is 0 Å². The normalized spacial score (nSPS) is 12.4. The summed E-state index contributed by atoms with van der Waals surface area (Å²) in [5.41, 5.74) is 1.59.